The maximum Gasteiger partial charge on any atom is 0.313 e. The number of carbonyl (C=O) groups is 2. The Morgan fingerprint density at radius 2 is 1.80 bits per heavy atom. The maximum atomic E-state index is 12.3. The number of hydrogen-bond acceptors (Lipinski definition) is 5. The predicted octanol–water partition coefficient (Wildman–Crippen LogP) is 3.97. The van der Waals surface area contributed by atoms with E-state index in [1.54, 1.807) is 12.1 Å². The van der Waals surface area contributed by atoms with E-state index in [2.05, 4.69) is 18.7 Å². The fourth-order valence-corrected chi connectivity index (χ4v) is 3.24. The lowest BCUT2D eigenvalue weighted by molar-refractivity contribution is -0.145. The number of esters is 1. The molecule has 1 atom stereocenters. The van der Waals surface area contributed by atoms with Crippen LogP contribution in [0.1, 0.15) is 47.5 Å². The Hall–Kier alpha value is -1.98. The van der Waals surface area contributed by atoms with Crippen LogP contribution in [0.2, 0.25) is 0 Å². The van der Waals surface area contributed by atoms with Crippen LogP contribution in [0.4, 0.5) is 0 Å². The molecule has 0 N–H and O–H groups in total. The average molecular weight is 359 g/mol. The van der Waals surface area contributed by atoms with Crippen molar-refractivity contribution in [3.63, 3.8) is 0 Å². The molecule has 1 aromatic carbocycles. The SMILES string of the molecule is CCN(CC)CCOC(=O)[C@@H](C)c1ccc(C(=O)c2cccs2)cc1. The highest BCUT2D eigenvalue weighted by molar-refractivity contribution is 7.12. The van der Waals surface area contributed by atoms with Crippen LogP contribution in [-0.2, 0) is 9.53 Å². The van der Waals surface area contributed by atoms with Gasteiger partial charge in [0, 0.05) is 12.1 Å². The summed E-state index contributed by atoms with van der Waals surface area (Å²) in [7, 11) is 0. The van der Waals surface area contributed by atoms with Crippen LogP contribution in [0.25, 0.3) is 0 Å². The highest BCUT2D eigenvalue weighted by Crippen LogP contribution is 2.20. The molecule has 0 saturated carbocycles. The van der Waals surface area contributed by atoms with E-state index in [0.717, 1.165) is 30.1 Å². The third kappa shape index (κ3) is 5.25. The van der Waals surface area contributed by atoms with Crippen molar-refractivity contribution in [1.29, 1.82) is 0 Å². The van der Waals surface area contributed by atoms with Gasteiger partial charge in [-0.15, -0.1) is 11.3 Å². The van der Waals surface area contributed by atoms with E-state index < -0.39 is 0 Å². The summed E-state index contributed by atoms with van der Waals surface area (Å²) in [6.07, 6.45) is 0. The van der Waals surface area contributed by atoms with Crippen LogP contribution < -0.4 is 0 Å². The van der Waals surface area contributed by atoms with Gasteiger partial charge in [-0.1, -0.05) is 44.2 Å². The first-order valence-corrected chi connectivity index (χ1v) is 9.51. The number of hydrogen-bond donors (Lipinski definition) is 0. The van der Waals surface area contributed by atoms with Gasteiger partial charge in [0.25, 0.3) is 0 Å². The molecular formula is C20H25NO3S. The fraction of sp³-hybridized carbons (Fsp3) is 0.400. The Balaban J connectivity index is 1.92. The minimum atomic E-state index is -0.345. The average Bonchev–Trinajstić information content (AvgIpc) is 3.18. The number of ether oxygens (including phenoxy) is 1. The Labute approximate surface area is 153 Å². The van der Waals surface area contributed by atoms with E-state index in [1.807, 2.05) is 36.6 Å². The van der Waals surface area contributed by atoms with Crippen LogP contribution in [0.15, 0.2) is 41.8 Å². The quantitative estimate of drug-likeness (QED) is 0.502. The van der Waals surface area contributed by atoms with Crippen molar-refractivity contribution in [3.05, 3.63) is 57.8 Å². The number of likely N-dealkylation sites (N-methyl/N-ethyl adjacent to an activating group) is 1. The first-order chi connectivity index (χ1) is 12.1. The van der Waals surface area contributed by atoms with E-state index >= 15 is 0 Å². The molecule has 0 unspecified atom stereocenters. The minimum Gasteiger partial charge on any atom is -0.464 e. The lowest BCUT2D eigenvalue weighted by Gasteiger charge is -2.18. The summed E-state index contributed by atoms with van der Waals surface area (Å²) in [5.41, 5.74) is 1.49. The van der Waals surface area contributed by atoms with E-state index in [4.69, 9.17) is 4.74 Å². The Bertz CT molecular complexity index is 675. The second-order valence-electron chi connectivity index (χ2n) is 5.84. The summed E-state index contributed by atoms with van der Waals surface area (Å²) in [5, 5.41) is 1.89. The molecule has 2 rings (SSSR count). The summed E-state index contributed by atoms with van der Waals surface area (Å²) in [4.78, 5) is 27.4. The molecule has 4 nitrogen and oxygen atoms in total. The second-order valence-corrected chi connectivity index (χ2v) is 6.79. The lowest BCUT2D eigenvalue weighted by Crippen LogP contribution is -2.28. The topological polar surface area (TPSA) is 46.6 Å². The van der Waals surface area contributed by atoms with Crippen LogP contribution >= 0.6 is 11.3 Å². The zero-order valence-electron chi connectivity index (χ0n) is 15.0. The van der Waals surface area contributed by atoms with Gasteiger partial charge in [-0.05, 0) is 37.0 Å². The molecule has 1 heterocycles. The molecule has 0 radical (unpaired) electrons. The molecule has 0 aliphatic rings. The predicted molar refractivity (Wildman–Crippen MR) is 101 cm³/mol. The van der Waals surface area contributed by atoms with Gasteiger partial charge in [-0.2, -0.15) is 0 Å². The van der Waals surface area contributed by atoms with Crippen molar-refractivity contribution >= 4 is 23.1 Å². The molecule has 0 saturated heterocycles. The number of thiophene rings is 1. The molecule has 1 aromatic heterocycles. The molecule has 0 fully saturated rings. The van der Waals surface area contributed by atoms with Gasteiger partial charge in [0.1, 0.15) is 6.61 Å². The number of rotatable bonds is 9. The number of benzene rings is 1. The first-order valence-electron chi connectivity index (χ1n) is 8.64. The summed E-state index contributed by atoms with van der Waals surface area (Å²) in [5.74, 6) is -0.567. The molecular weight excluding hydrogens is 334 g/mol. The second kappa shape index (κ2) is 9.49. The molecule has 134 valence electrons. The van der Waals surface area contributed by atoms with Crippen molar-refractivity contribution in [2.24, 2.45) is 0 Å². The van der Waals surface area contributed by atoms with E-state index in [9.17, 15) is 9.59 Å². The molecule has 0 spiro atoms. The molecule has 25 heavy (non-hydrogen) atoms. The molecule has 0 aliphatic carbocycles. The molecule has 0 aliphatic heterocycles. The van der Waals surface area contributed by atoms with Crippen molar-refractivity contribution < 1.29 is 14.3 Å². The largest absolute Gasteiger partial charge is 0.464 e. The highest BCUT2D eigenvalue weighted by Gasteiger charge is 2.18. The van der Waals surface area contributed by atoms with Gasteiger partial charge in [0.15, 0.2) is 0 Å². The first kappa shape index (κ1) is 19.3. The zero-order valence-corrected chi connectivity index (χ0v) is 15.8. The van der Waals surface area contributed by atoms with Gasteiger partial charge in [0.2, 0.25) is 5.78 Å². The van der Waals surface area contributed by atoms with Gasteiger partial charge >= 0.3 is 5.97 Å². The molecule has 5 heteroatoms. The van der Waals surface area contributed by atoms with Crippen LogP contribution in [0, 0.1) is 0 Å². The van der Waals surface area contributed by atoms with Gasteiger partial charge < -0.3 is 9.64 Å². The minimum absolute atomic E-state index is 0.0102. The van der Waals surface area contributed by atoms with Crippen molar-refractivity contribution in [2.45, 2.75) is 26.7 Å². The van der Waals surface area contributed by atoms with Crippen molar-refractivity contribution in [3.8, 4) is 0 Å². The van der Waals surface area contributed by atoms with E-state index in [0.29, 0.717) is 12.2 Å². The van der Waals surface area contributed by atoms with Gasteiger partial charge in [-0.25, -0.2) is 0 Å². The van der Waals surface area contributed by atoms with Crippen molar-refractivity contribution in [1.82, 2.24) is 4.90 Å². The smallest absolute Gasteiger partial charge is 0.313 e. The molecule has 2 aromatic rings. The monoisotopic (exact) mass is 359 g/mol. The highest BCUT2D eigenvalue weighted by atomic mass is 32.1. The maximum absolute atomic E-state index is 12.3. The van der Waals surface area contributed by atoms with Crippen molar-refractivity contribution in [2.75, 3.05) is 26.2 Å². The summed E-state index contributed by atoms with van der Waals surface area (Å²) in [6, 6.07) is 10.9. The third-order valence-corrected chi connectivity index (χ3v) is 5.19. The van der Waals surface area contributed by atoms with Crippen LogP contribution in [-0.4, -0.2) is 42.9 Å². The Kier molecular flexibility index (Phi) is 7.34. The van der Waals surface area contributed by atoms with Gasteiger partial charge in [-0.3, -0.25) is 9.59 Å². The van der Waals surface area contributed by atoms with E-state index in [-0.39, 0.29) is 17.7 Å². The number of ketones is 1. The van der Waals surface area contributed by atoms with Crippen LogP contribution in [0.5, 0.6) is 0 Å². The van der Waals surface area contributed by atoms with E-state index in [1.165, 1.54) is 11.3 Å². The zero-order chi connectivity index (χ0) is 18.2. The normalized spacial score (nSPS) is 12.2. The number of nitrogens with zero attached hydrogens (tertiary/aromatic N) is 1. The fourth-order valence-electron chi connectivity index (χ4n) is 2.55. The summed E-state index contributed by atoms with van der Waals surface area (Å²) >= 11 is 1.43. The summed E-state index contributed by atoms with van der Waals surface area (Å²) in [6.45, 7) is 9.06. The third-order valence-electron chi connectivity index (χ3n) is 4.32. The van der Waals surface area contributed by atoms with Gasteiger partial charge in [0.05, 0.1) is 10.8 Å². The number of carbonyl (C=O) groups excluding carboxylic acids is 2. The Morgan fingerprint density at radius 1 is 1.12 bits per heavy atom. The molecule has 0 amide bonds. The standard InChI is InChI=1S/C20H25NO3S/c1-4-21(5-2)12-13-24-20(23)15(3)16-8-10-17(11-9-16)19(22)18-7-6-14-25-18/h6-11,14-15H,4-5,12-13H2,1-3H3/t15-/m0/s1. The van der Waals surface area contributed by atoms with Crippen LogP contribution in [0.3, 0.4) is 0 Å². The Morgan fingerprint density at radius 3 is 2.36 bits per heavy atom. The summed E-state index contributed by atoms with van der Waals surface area (Å²) < 4.78 is 5.38. The molecule has 0 bridgehead atoms. The lowest BCUT2D eigenvalue weighted by atomic mass is 9.98.